The number of carboxylic acid groups (broad SMARTS) is 1. The number of nitro benzene ring substituents is 3. The number of carboxylic acids is 1. The zero-order valence-electron chi connectivity index (χ0n) is 20.9. The first-order valence-corrected chi connectivity index (χ1v) is 11.4. The van der Waals surface area contributed by atoms with E-state index in [4.69, 9.17) is 14.9 Å². The lowest BCUT2D eigenvalue weighted by molar-refractivity contribution is -0.404. The lowest BCUT2D eigenvalue weighted by Crippen LogP contribution is -2.07. The Balaban J connectivity index is 0.000000221. The van der Waals surface area contributed by atoms with Crippen LogP contribution >= 0.6 is 0 Å². The van der Waals surface area contributed by atoms with Crippen LogP contribution in [0.3, 0.4) is 0 Å². The molecule has 14 nitrogen and oxygen atoms in total. The summed E-state index contributed by atoms with van der Waals surface area (Å²) >= 11 is 0. The van der Waals surface area contributed by atoms with Crippen molar-refractivity contribution in [3.05, 3.63) is 145 Å². The molecule has 14 heteroatoms. The Kier molecular flexibility index (Phi) is 11.6. The molecule has 4 aromatic rings. The number of rotatable bonds is 7. The van der Waals surface area contributed by atoms with Crippen molar-refractivity contribution < 1.29 is 39.3 Å². The number of phenols is 1. The molecular formula is C27H21N3O11. The summed E-state index contributed by atoms with van der Waals surface area (Å²) in [6, 6.07) is 28.0. The first-order chi connectivity index (χ1) is 19.5. The number of esters is 1. The predicted molar refractivity (Wildman–Crippen MR) is 144 cm³/mol. The molecule has 41 heavy (non-hydrogen) atoms. The minimum atomic E-state index is -1.21. The van der Waals surface area contributed by atoms with Crippen LogP contribution in [0, 0.1) is 30.3 Å². The highest BCUT2D eigenvalue weighted by molar-refractivity contribution is 5.90. The summed E-state index contributed by atoms with van der Waals surface area (Å²) in [5.74, 6) is -1.76. The molecule has 2 N–H and O–H groups in total. The summed E-state index contributed by atoms with van der Waals surface area (Å²) in [6.07, 6.45) is 0.112. The van der Waals surface area contributed by atoms with E-state index in [-0.39, 0.29) is 12.4 Å². The molecule has 0 saturated heterocycles. The number of nitro groups is 3. The second-order valence-corrected chi connectivity index (χ2v) is 7.73. The molecule has 0 aliphatic rings. The lowest BCUT2D eigenvalue weighted by atomic mass is 10.2. The minimum absolute atomic E-state index is 0.112. The number of aliphatic carboxylic acids is 1. The highest BCUT2D eigenvalue weighted by atomic mass is 16.6. The van der Waals surface area contributed by atoms with E-state index in [2.05, 4.69) is 0 Å². The summed E-state index contributed by atoms with van der Waals surface area (Å²) in [5.41, 5.74) is -1.60. The average Bonchev–Trinajstić information content (AvgIpc) is 2.94. The predicted octanol–water partition coefficient (Wildman–Crippen LogP) is 5.34. The van der Waals surface area contributed by atoms with Gasteiger partial charge in [-0.05, 0) is 29.8 Å². The number of ether oxygens (including phenoxy) is 1. The third-order valence-electron chi connectivity index (χ3n) is 4.82. The normalized spacial score (nSPS) is 9.56. The maximum Gasteiger partial charge on any atom is 0.343 e. The number of hydrogen-bond donors (Lipinski definition) is 2. The number of aromatic hydroxyl groups is 1. The summed E-state index contributed by atoms with van der Waals surface area (Å²) in [4.78, 5) is 49.5. The van der Waals surface area contributed by atoms with Crippen molar-refractivity contribution in [2.75, 3.05) is 0 Å². The van der Waals surface area contributed by atoms with Gasteiger partial charge in [0, 0.05) is 0 Å². The number of non-ortho nitro benzene ring substituents is 1. The average molecular weight is 563 g/mol. The molecule has 0 bridgehead atoms. The van der Waals surface area contributed by atoms with E-state index in [0.29, 0.717) is 23.4 Å². The van der Waals surface area contributed by atoms with E-state index in [1.807, 2.05) is 54.6 Å². The number of carbonyl (C=O) groups is 2. The SMILES string of the molecule is O=C(O)Cc1ccccc1.O=C(Oc1ccccc1)c1ccccc1.O=[N+]([O-])c1cc([N+](=O)[O-])c(O)c([N+](=O)[O-])c1. The fourth-order valence-corrected chi connectivity index (χ4v) is 2.97. The largest absolute Gasteiger partial charge is 0.497 e. The van der Waals surface area contributed by atoms with Crippen molar-refractivity contribution in [1.29, 1.82) is 0 Å². The van der Waals surface area contributed by atoms with Gasteiger partial charge in [0.25, 0.3) is 11.4 Å². The van der Waals surface area contributed by atoms with Gasteiger partial charge in [-0.25, -0.2) is 4.79 Å². The molecule has 0 atom stereocenters. The molecule has 0 amide bonds. The Labute approximate surface area is 231 Å². The molecular weight excluding hydrogens is 542 g/mol. The van der Waals surface area contributed by atoms with E-state index in [9.17, 15) is 39.9 Å². The Morgan fingerprint density at radius 1 is 0.683 bits per heavy atom. The van der Waals surface area contributed by atoms with Crippen LogP contribution < -0.4 is 4.74 Å². The number of phenolic OH excluding ortho intramolecular Hbond substituents is 1. The van der Waals surface area contributed by atoms with Gasteiger partial charge in [0.2, 0.25) is 0 Å². The van der Waals surface area contributed by atoms with E-state index < -0.39 is 43.6 Å². The Morgan fingerprint density at radius 3 is 1.54 bits per heavy atom. The van der Waals surface area contributed by atoms with Crippen LogP contribution in [0.2, 0.25) is 0 Å². The molecule has 0 spiro atoms. The van der Waals surface area contributed by atoms with Gasteiger partial charge in [-0.1, -0.05) is 66.7 Å². The molecule has 0 aliphatic carbocycles. The van der Waals surface area contributed by atoms with Crippen molar-refractivity contribution >= 4 is 29.0 Å². The van der Waals surface area contributed by atoms with Crippen LogP contribution in [-0.2, 0) is 11.2 Å². The second kappa shape index (κ2) is 15.3. The van der Waals surface area contributed by atoms with Gasteiger partial charge in [-0.15, -0.1) is 0 Å². The molecule has 0 radical (unpaired) electrons. The molecule has 4 aromatic carbocycles. The van der Waals surface area contributed by atoms with Crippen LogP contribution in [0.15, 0.2) is 103 Å². The van der Waals surface area contributed by atoms with E-state index >= 15 is 0 Å². The Hall–Kier alpha value is -6.18. The van der Waals surface area contributed by atoms with E-state index in [1.165, 1.54) is 0 Å². The molecule has 0 fully saturated rings. The van der Waals surface area contributed by atoms with Gasteiger partial charge in [0.1, 0.15) is 5.75 Å². The lowest BCUT2D eigenvalue weighted by Gasteiger charge is -2.02. The second-order valence-electron chi connectivity index (χ2n) is 7.73. The third-order valence-corrected chi connectivity index (χ3v) is 4.82. The molecule has 210 valence electrons. The highest BCUT2D eigenvalue weighted by Crippen LogP contribution is 2.38. The van der Waals surface area contributed by atoms with Crippen molar-refractivity contribution in [2.24, 2.45) is 0 Å². The number of hydrogen-bond acceptors (Lipinski definition) is 10. The zero-order chi connectivity index (χ0) is 30.4. The summed E-state index contributed by atoms with van der Waals surface area (Å²) in [6.45, 7) is 0. The smallest absolute Gasteiger partial charge is 0.343 e. The zero-order valence-corrected chi connectivity index (χ0v) is 20.9. The van der Waals surface area contributed by atoms with Crippen molar-refractivity contribution in [3.63, 3.8) is 0 Å². The number of benzene rings is 4. The van der Waals surface area contributed by atoms with Gasteiger partial charge < -0.3 is 14.9 Å². The monoisotopic (exact) mass is 563 g/mol. The van der Waals surface area contributed by atoms with Gasteiger partial charge in [-0.3, -0.25) is 35.1 Å². The quantitative estimate of drug-likeness (QED) is 0.127. The summed E-state index contributed by atoms with van der Waals surface area (Å²) in [7, 11) is 0. The van der Waals surface area contributed by atoms with Crippen molar-refractivity contribution in [1.82, 2.24) is 0 Å². The van der Waals surface area contributed by atoms with Crippen LogP contribution in [0.1, 0.15) is 15.9 Å². The first kappa shape index (κ1) is 31.0. The molecule has 0 heterocycles. The number of para-hydroxylation sites is 1. The highest BCUT2D eigenvalue weighted by Gasteiger charge is 2.30. The van der Waals surface area contributed by atoms with Gasteiger partial charge in [0.15, 0.2) is 0 Å². The topological polar surface area (TPSA) is 213 Å². The molecule has 0 unspecified atom stereocenters. The Bertz CT molecular complexity index is 1480. The third kappa shape index (κ3) is 10.2. The fraction of sp³-hybridized carbons (Fsp3) is 0.0370. The molecule has 0 aliphatic heterocycles. The standard InChI is InChI=1S/C13H10O2.C8H8O2.C6H3N3O7/c14-13(11-7-3-1-4-8-11)15-12-9-5-2-6-10-12;9-8(10)6-7-4-2-1-3-5-7;10-6-4(8(13)14)1-3(7(11)12)2-5(6)9(15)16/h1-10H;1-5H,6H2,(H,9,10);1-2,10H. The Morgan fingerprint density at radius 2 is 1.12 bits per heavy atom. The van der Waals surface area contributed by atoms with Crippen LogP contribution in [0.5, 0.6) is 11.5 Å². The number of nitrogens with zero attached hydrogens (tertiary/aromatic N) is 3. The maximum absolute atomic E-state index is 11.6. The maximum atomic E-state index is 11.6. The molecule has 0 saturated carbocycles. The van der Waals surface area contributed by atoms with Gasteiger partial charge >= 0.3 is 23.3 Å². The van der Waals surface area contributed by atoms with E-state index in [1.54, 1.807) is 36.4 Å². The fourth-order valence-electron chi connectivity index (χ4n) is 2.97. The van der Waals surface area contributed by atoms with Gasteiger partial charge in [0.05, 0.1) is 38.9 Å². The van der Waals surface area contributed by atoms with Crippen LogP contribution in [-0.4, -0.2) is 36.9 Å². The summed E-state index contributed by atoms with van der Waals surface area (Å²) in [5, 5.41) is 48.6. The summed E-state index contributed by atoms with van der Waals surface area (Å²) < 4.78 is 5.16. The van der Waals surface area contributed by atoms with Crippen molar-refractivity contribution in [2.45, 2.75) is 6.42 Å². The van der Waals surface area contributed by atoms with Crippen LogP contribution in [0.25, 0.3) is 0 Å². The molecule has 4 rings (SSSR count). The van der Waals surface area contributed by atoms with Gasteiger partial charge in [-0.2, -0.15) is 0 Å². The molecule has 0 aromatic heterocycles. The first-order valence-electron chi connectivity index (χ1n) is 11.4. The minimum Gasteiger partial charge on any atom is -0.497 e. The van der Waals surface area contributed by atoms with Crippen LogP contribution in [0.4, 0.5) is 17.1 Å². The van der Waals surface area contributed by atoms with E-state index in [0.717, 1.165) is 5.56 Å². The van der Waals surface area contributed by atoms with Crippen molar-refractivity contribution in [3.8, 4) is 11.5 Å². The number of carbonyl (C=O) groups excluding carboxylic acids is 1.